The summed E-state index contributed by atoms with van der Waals surface area (Å²) in [6, 6.07) is 0.782. The van der Waals surface area contributed by atoms with Gasteiger partial charge in [0.05, 0.1) is 0 Å². The maximum absolute atomic E-state index is 3.26. The van der Waals surface area contributed by atoms with Gasteiger partial charge in [0, 0.05) is 6.04 Å². The molecule has 2 atom stereocenters. The lowest BCUT2D eigenvalue weighted by Crippen LogP contribution is -2.49. The first kappa shape index (κ1) is 4.13. The zero-order chi connectivity index (χ0) is 4.57. The van der Waals surface area contributed by atoms with E-state index in [1.165, 1.54) is 6.54 Å². The van der Waals surface area contributed by atoms with Gasteiger partial charge in [0.25, 0.3) is 0 Å². The van der Waals surface area contributed by atoms with E-state index >= 15 is 0 Å². The van der Waals surface area contributed by atoms with Crippen molar-refractivity contribution in [2.24, 2.45) is 5.92 Å². The molecule has 1 heteroatoms. The van der Waals surface area contributed by atoms with Crippen LogP contribution in [0.5, 0.6) is 0 Å². The van der Waals surface area contributed by atoms with Crippen LogP contribution in [0.2, 0.25) is 0 Å². The minimum Gasteiger partial charge on any atom is -0.314 e. The molecule has 1 fully saturated rings. The topological polar surface area (TPSA) is 12.0 Å². The Labute approximate surface area is 38.7 Å². The summed E-state index contributed by atoms with van der Waals surface area (Å²) in [5.41, 5.74) is 0. The van der Waals surface area contributed by atoms with E-state index < -0.39 is 0 Å². The fraction of sp³-hybridized carbons (Fsp3) is 1.00. The lowest BCUT2D eigenvalue weighted by molar-refractivity contribution is 0.274. The van der Waals surface area contributed by atoms with Gasteiger partial charge in [-0.15, -0.1) is 0 Å². The third-order valence-corrected chi connectivity index (χ3v) is 1.62. The van der Waals surface area contributed by atoms with Crippen LogP contribution in [-0.2, 0) is 0 Å². The first-order valence-electron chi connectivity index (χ1n) is 2.54. The van der Waals surface area contributed by atoms with Gasteiger partial charge in [-0.25, -0.2) is 0 Å². The Hall–Kier alpha value is -0.0400. The second-order valence-electron chi connectivity index (χ2n) is 2.17. The summed E-state index contributed by atoms with van der Waals surface area (Å²) in [4.78, 5) is 0. The largest absolute Gasteiger partial charge is 0.314 e. The molecular weight excluding hydrogens is 74.1 g/mol. The van der Waals surface area contributed by atoms with Crippen molar-refractivity contribution in [2.75, 3.05) is 6.54 Å². The summed E-state index contributed by atoms with van der Waals surface area (Å²) >= 11 is 0. The maximum atomic E-state index is 3.26. The fourth-order valence-corrected chi connectivity index (χ4v) is 0.589. The highest BCUT2D eigenvalue weighted by atomic mass is 15.0. The molecule has 1 rings (SSSR count). The third-order valence-electron chi connectivity index (χ3n) is 1.62. The molecule has 1 nitrogen and oxygen atoms in total. The van der Waals surface area contributed by atoms with Gasteiger partial charge in [-0.2, -0.15) is 0 Å². The van der Waals surface area contributed by atoms with Crippen LogP contribution in [0.3, 0.4) is 0 Å². The SMILES string of the molecule is C[C@@H]1CN[C@H]1C. The van der Waals surface area contributed by atoms with E-state index in [1.54, 1.807) is 0 Å². The predicted octanol–water partition coefficient (Wildman–Crippen LogP) is 0.614. The van der Waals surface area contributed by atoms with Crippen LogP contribution in [-0.4, -0.2) is 12.6 Å². The molecule has 0 spiro atoms. The molecule has 1 heterocycles. The zero-order valence-electron chi connectivity index (χ0n) is 4.36. The van der Waals surface area contributed by atoms with Gasteiger partial charge in [-0.05, 0) is 19.4 Å². The van der Waals surface area contributed by atoms with Crippen molar-refractivity contribution < 1.29 is 0 Å². The van der Waals surface area contributed by atoms with Crippen LogP contribution in [0.1, 0.15) is 13.8 Å². The Kier molecular flexibility index (Phi) is 0.845. The van der Waals surface area contributed by atoms with Crippen molar-refractivity contribution in [3.63, 3.8) is 0 Å². The standard InChI is InChI=1S/C5H11N/c1-4-3-6-5(4)2/h4-6H,3H2,1-2H3/t4-,5+/m1/s1. The highest BCUT2D eigenvalue weighted by molar-refractivity contribution is 4.79. The van der Waals surface area contributed by atoms with E-state index in [9.17, 15) is 0 Å². The van der Waals surface area contributed by atoms with E-state index in [0.29, 0.717) is 0 Å². The fourth-order valence-electron chi connectivity index (χ4n) is 0.589. The molecule has 0 aromatic rings. The average Bonchev–Trinajstić information content (AvgIpc) is 1.61. The number of hydrogen-bond acceptors (Lipinski definition) is 1. The summed E-state index contributed by atoms with van der Waals surface area (Å²) in [5, 5.41) is 3.26. The Morgan fingerprint density at radius 3 is 2.00 bits per heavy atom. The molecule has 36 valence electrons. The molecule has 0 saturated carbocycles. The van der Waals surface area contributed by atoms with Crippen LogP contribution in [0, 0.1) is 5.92 Å². The van der Waals surface area contributed by atoms with Gasteiger partial charge in [0.1, 0.15) is 0 Å². The van der Waals surface area contributed by atoms with E-state index in [2.05, 4.69) is 19.2 Å². The minimum atomic E-state index is 0.782. The molecule has 0 aromatic heterocycles. The normalized spacial score (nSPS) is 45.0. The second kappa shape index (κ2) is 1.23. The minimum absolute atomic E-state index is 0.782. The molecule has 0 bridgehead atoms. The molecule has 0 amide bonds. The van der Waals surface area contributed by atoms with Gasteiger partial charge in [0.2, 0.25) is 0 Å². The van der Waals surface area contributed by atoms with E-state index in [-0.39, 0.29) is 0 Å². The van der Waals surface area contributed by atoms with E-state index in [0.717, 1.165) is 12.0 Å². The molecule has 0 radical (unpaired) electrons. The van der Waals surface area contributed by atoms with Crippen molar-refractivity contribution in [2.45, 2.75) is 19.9 Å². The van der Waals surface area contributed by atoms with Crippen LogP contribution in [0.25, 0.3) is 0 Å². The molecule has 1 aliphatic rings. The van der Waals surface area contributed by atoms with Gasteiger partial charge in [-0.3, -0.25) is 0 Å². The monoisotopic (exact) mass is 85.1 g/mol. The molecule has 1 N–H and O–H groups in total. The third kappa shape index (κ3) is 0.432. The van der Waals surface area contributed by atoms with Crippen LogP contribution in [0.15, 0.2) is 0 Å². The Bertz CT molecular complexity index is 43.9. The van der Waals surface area contributed by atoms with Crippen molar-refractivity contribution in [1.29, 1.82) is 0 Å². The van der Waals surface area contributed by atoms with E-state index in [1.807, 2.05) is 0 Å². The van der Waals surface area contributed by atoms with Crippen molar-refractivity contribution >= 4 is 0 Å². The summed E-state index contributed by atoms with van der Waals surface area (Å²) < 4.78 is 0. The first-order valence-corrected chi connectivity index (χ1v) is 2.54. The lowest BCUT2D eigenvalue weighted by Gasteiger charge is -2.31. The van der Waals surface area contributed by atoms with Crippen LogP contribution < -0.4 is 5.32 Å². The molecule has 6 heavy (non-hydrogen) atoms. The molecule has 1 aliphatic heterocycles. The van der Waals surface area contributed by atoms with Crippen molar-refractivity contribution in [1.82, 2.24) is 5.32 Å². The van der Waals surface area contributed by atoms with Gasteiger partial charge in [0.15, 0.2) is 0 Å². The van der Waals surface area contributed by atoms with Crippen molar-refractivity contribution in [3.8, 4) is 0 Å². The molecular formula is C5H11N. The number of hydrogen-bond donors (Lipinski definition) is 1. The van der Waals surface area contributed by atoms with Gasteiger partial charge in [-0.1, -0.05) is 6.92 Å². The van der Waals surface area contributed by atoms with E-state index in [4.69, 9.17) is 0 Å². The molecule has 0 aliphatic carbocycles. The van der Waals surface area contributed by atoms with Crippen molar-refractivity contribution in [3.05, 3.63) is 0 Å². The summed E-state index contributed by atoms with van der Waals surface area (Å²) in [6.07, 6.45) is 0. The van der Waals surface area contributed by atoms with Crippen LogP contribution >= 0.6 is 0 Å². The highest BCUT2D eigenvalue weighted by Gasteiger charge is 2.19. The molecule has 0 aromatic carbocycles. The van der Waals surface area contributed by atoms with Gasteiger partial charge < -0.3 is 5.32 Å². The van der Waals surface area contributed by atoms with Gasteiger partial charge >= 0.3 is 0 Å². The second-order valence-corrected chi connectivity index (χ2v) is 2.17. The molecule has 0 unspecified atom stereocenters. The smallest absolute Gasteiger partial charge is 0.00765 e. The number of nitrogens with one attached hydrogen (secondary N) is 1. The summed E-state index contributed by atoms with van der Waals surface area (Å²) in [6.45, 7) is 5.70. The highest BCUT2D eigenvalue weighted by Crippen LogP contribution is 2.08. The maximum Gasteiger partial charge on any atom is 0.00765 e. The summed E-state index contributed by atoms with van der Waals surface area (Å²) in [5.74, 6) is 0.921. The Morgan fingerprint density at radius 1 is 1.50 bits per heavy atom. The lowest BCUT2D eigenvalue weighted by atomic mass is 9.96. The zero-order valence-corrected chi connectivity index (χ0v) is 4.36. The Balaban J connectivity index is 2.20. The van der Waals surface area contributed by atoms with Crippen LogP contribution in [0.4, 0.5) is 0 Å². The molecule has 1 saturated heterocycles. The Morgan fingerprint density at radius 2 is 2.00 bits per heavy atom. The average molecular weight is 85.1 g/mol. The number of rotatable bonds is 0. The first-order chi connectivity index (χ1) is 2.80. The predicted molar refractivity (Wildman–Crippen MR) is 26.6 cm³/mol. The quantitative estimate of drug-likeness (QED) is 0.454. The summed E-state index contributed by atoms with van der Waals surface area (Å²) in [7, 11) is 0.